The first-order valence-corrected chi connectivity index (χ1v) is 10.3. The van der Waals surface area contributed by atoms with Crippen LogP contribution in [-0.4, -0.2) is 35.4 Å². The first-order chi connectivity index (χ1) is 13.6. The fourth-order valence-electron chi connectivity index (χ4n) is 3.97. The lowest BCUT2D eigenvalue weighted by atomic mass is 9.89. The zero-order valence-corrected chi connectivity index (χ0v) is 16.5. The summed E-state index contributed by atoms with van der Waals surface area (Å²) in [4.78, 5) is 19.7. The van der Waals surface area contributed by atoms with E-state index >= 15 is 0 Å². The molecule has 4 rings (SSSR count). The van der Waals surface area contributed by atoms with Gasteiger partial charge in [0.1, 0.15) is 5.82 Å². The van der Waals surface area contributed by atoms with Crippen molar-refractivity contribution in [3.05, 3.63) is 64.7 Å². The maximum absolute atomic E-state index is 13.9. The number of benzene rings is 1. The van der Waals surface area contributed by atoms with Crippen LogP contribution in [0.3, 0.4) is 0 Å². The Kier molecular flexibility index (Phi) is 5.72. The minimum Gasteiger partial charge on any atom is -0.352 e. The van der Waals surface area contributed by atoms with Gasteiger partial charge in [-0.15, -0.1) is 0 Å². The van der Waals surface area contributed by atoms with E-state index in [0.717, 1.165) is 55.0 Å². The molecule has 1 N–H and O–H groups in total. The van der Waals surface area contributed by atoms with E-state index in [4.69, 9.17) is 4.98 Å². The number of nitrogens with zero attached hydrogens (tertiary/aromatic N) is 2. The fourth-order valence-corrected chi connectivity index (χ4v) is 3.97. The number of carbonyl (C=O) groups excluding carboxylic acids is 1. The van der Waals surface area contributed by atoms with Gasteiger partial charge in [0.05, 0.1) is 11.3 Å². The van der Waals surface area contributed by atoms with Crippen LogP contribution in [0.2, 0.25) is 0 Å². The molecule has 1 aliphatic heterocycles. The topological polar surface area (TPSA) is 45.2 Å². The molecule has 2 aliphatic rings. The molecule has 0 unspecified atom stereocenters. The van der Waals surface area contributed by atoms with Crippen LogP contribution < -0.4 is 5.32 Å². The summed E-state index contributed by atoms with van der Waals surface area (Å²) in [6.07, 6.45) is 4.32. The van der Waals surface area contributed by atoms with Crippen molar-refractivity contribution >= 4 is 5.91 Å². The van der Waals surface area contributed by atoms with E-state index in [1.165, 1.54) is 18.9 Å². The number of likely N-dealkylation sites (tertiary alicyclic amines) is 1. The molecule has 5 heteroatoms. The highest BCUT2D eigenvalue weighted by atomic mass is 19.1. The quantitative estimate of drug-likeness (QED) is 0.821. The van der Waals surface area contributed by atoms with E-state index in [9.17, 15) is 9.18 Å². The highest BCUT2D eigenvalue weighted by molar-refractivity contribution is 5.95. The average Bonchev–Trinajstić information content (AvgIpc) is 3.53. The van der Waals surface area contributed by atoms with E-state index < -0.39 is 0 Å². The Hall–Kier alpha value is -2.27. The second kappa shape index (κ2) is 8.39. The third kappa shape index (κ3) is 4.58. The average molecular weight is 381 g/mol. The Labute approximate surface area is 166 Å². The first kappa shape index (κ1) is 19.1. The van der Waals surface area contributed by atoms with Crippen molar-refractivity contribution in [3.8, 4) is 0 Å². The van der Waals surface area contributed by atoms with Gasteiger partial charge in [0, 0.05) is 30.3 Å². The van der Waals surface area contributed by atoms with Gasteiger partial charge in [-0.1, -0.05) is 18.2 Å². The second-order valence-corrected chi connectivity index (χ2v) is 8.18. The lowest BCUT2D eigenvalue weighted by molar-refractivity contribution is 0.0948. The predicted octanol–water partition coefficient (Wildman–Crippen LogP) is 4.05. The van der Waals surface area contributed by atoms with Crippen LogP contribution in [0.5, 0.6) is 0 Å². The summed E-state index contributed by atoms with van der Waals surface area (Å²) >= 11 is 0. The lowest BCUT2D eigenvalue weighted by Crippen LogP contribution is -2.34. The molecule has 1 aromatic carbocycles. The molecule has 4 nitrogen and oxygen atoms in total. The Morgan fingerprint density at radius 2 is 1.89 bits per heavy atom. The Balaban J connectivity index is 1.41. The minimum atomic E-state index is -0.139. The Bertz CT molecular complexity index is 841. The summed E-state index contributed by atoms with van der Waals surface area (Å²) in [6, 6.07) is 10.8. The maximum Gasteiger partial charge on any atom is 0.253 e. The van der Waals surface area contributed by atoms with Crippen molar-refractivity contribution in [1.82, 2.24) is 15.2 Å². The molecule has 0 radical (unpaired) electrons. The lowest BCUT2D eigenvalue weighted by Gasteiger charge is -2.32. The van der Waals surface area contributed by atoms with Crippen molar-refractivity contribution in [2.24, 2.45) is 5.92 Å². The van der Waals surface area contributed by atoms with E-state index in [1.54, 1.807) is 6.07 Å². The highest BCUT2D eigenvalue weighted by Crippen LogP contribution is 2.31. The van der Waals surface area contributed by atoms with Gasteiger partial charge in [-0.25, -0.2) is 4.39 Å². The van der Waals surface area contributed by atoms with Gasteiger partial charge in [-0.3, -0.25) is 14.7 Å². The van der Waals surface area contributed by atoms with Gasteiger partial charge in [0.15, 0.2) is 0 Å². The maximum atomic E-state index is 13.9. The largest absolute Gasteiger partial charge is 0.352 e. The molecule has 1 amide bonds. The number of nitrogens with one attached hydrogen (secondary N) is 1. The first-order valence-electron chi connectivity index (χ1n) is 10.3. The van der Waals surface area contributed by atoms with Crippen LogP contribution >= 0.6 is 0 Å². The molecule has 1 aromatic heterocycles. The number of halogens is 1. The minimum absolute atomic E-state index is 0.00295. The summed E-state index contributed by atoms with van der Waals surface area (Å²) < 4.78 is 13.9. The molecule has 148 valence electrons. The Morgan fingerprint density at radius 3 is 2.61 bits per heavy atom. The second-order valence-electron chi connectivity index (χ2n) is 8.18. The van der Waals surface area contributed by atoms with E-state index in [2.05, 4.69) is 10.2 Å². The van der Waals surface area contributed by atoms with Crippen molar-refractivity contribution in [1.29, 1.82) is 0 Å². The molecule has 28 heavy (non-hydrogen) atoms. The van der Waals surface area contributed by atoms with Crippen LogP contribution in [0.25, 0.3) is 0 Å². The molecule has 2 heterocycles. The SMILES string of the molecule is Cc1ccc(C(=O)NCC2CC2)c(C2CCN(Cc3ccccc3F)CC2)n1. The van der Waals surface area contributed by atoms with Crippen molar-refractivity contribution in [2.45, 2.75) is 45.1 Å². The molecule has 1 aliphatic carbocycles. The van der Waals surface area contributed by atoms with Crippen molar-refractivity contribution < 1.29 is 9.18 Å². The molecule has 0 atom stereocenters. The number of rotatable bonds is 6. The van der Waals surface area contributed by atoms with Crippen LogP contribution in [0, 0.1) is 18.7 Å². The number of aromatic nitrogens is 1. The van der Waals surface area contributed by atoms with Gasteiger partial charge < -0.3 is 5.32 Å². The summed E-state index contributed by atoms with van der Waals surface area (Å²) in [6.45, 7) is 5.15. The number of pyridine rings is 1. The number of piperidine rings is 1. The zero-order chi connectivity index (χ0) is 19.5. The molecule has 2 aromatic rings. The van der Waals surface area contributed by atoms with E-state index in [-0.39, 0.29) is 17.6 Å². The molecule has 1 saturated heterocycles. The molecule has 0 bridgehead atoms. The van der Waals surface area contributed by atoms with Gasteiger partial charge in [-0.2, -0.15) is 0 Å². The normalized spacial score (nSPS) is 18.2. The number of hydrogen-bond acceptors (Lipinski definition) is 3. The monoisotopic (exact) mass is 381 g/mol. The van der Waals surface area contributed by atoms with Gasteiger partial charge in [-0.05, 0) is 69.8 Å². The van der Waals surface area contributed by atoms with Gasteiger partial charge in [0.2, 0.25) is 0 Å². The van der Waals surface area contributed by atoms with Crippen LogP contribution in [-0.2, 0) is 6.54 Å². The van der Waals surface area contributed by atoms with Crippen LogP contribution in [0.1, 0.15) is 58.9 Å². The predicted molar refractivity (Wildman–Crippen MR) is 108 cm³/mol. The molecular formula is C23H28FN3O. The third-order valence-electron chi connectivity index (χ3n) is 5.88. The summed E-state index contributed by atoms with van der Waals surface area (Å²) in [5.41, 5.74) is 3.34. The van der Waals surface area contributed by atoms with E-state index in [1.807, 2.05) is 31.2 Å². The zero-order valence-electron chi connectivity index (χ0n) is 16.5. The number of amides is 1. The third-order valence-corrected chi connectivity index (χ3v) is 5.88. The van der Waals surface area contributed by atoms with Crippen LogP contribution in [0.15, 0.2) is 36.4 Å². The van der Waals surface area contributed by atoms with Gasteiger partial charge >= 0.3 is 0 Å². The van der Waals surface area contributed by atoms with Gasteiger partial charge in [0.25, 0.3) is 5.91 Å². The number of carbonyl (C=O) groups is 1. The highest BCUT2D eigenvalue weighted by Gasteiger charge is 2.27. The van der Waals surface area contributed by atoms with E-state index in [0.29, 0.717) is 12.5 Å². The number of aryl methyl sites for hydroxylation is 1. The smallest absolute Gasteiger partial charge is 0.253 e. The molecule has 2 fully saturated rings. The molecule has 1 saturated carbocycles. The molecule has 0 spiro atoms. The van der Waals surface area contributed by atoms with Crippen LogP contribution in [0.4, 0.5) is 4.39 Å². The van der Waals surface area contributed by atoms with Crippen molar-refractivity contribution in [2.75, 3.05) is 19.6 Å². The summed E-state index contributed by atoms with van der Waals surface area (Å²) in [5.74, 6) is 0.800. The fraction of sp³-hybridized carbons (Fsp3) is 0.478. The standard InChI is InChI=1S/C23H28FN3O/c1-16-6-9-20(23(28)25-14-17-7-8-17)22(26-16)18-10-12-27(13-11-18)15-19-4-2-3-5-21(19)24/h2-6,9,17-18H,7-8,10-15H2,1H3,(H,25,28). The summed E-state index contributed by atoms with van der Waals surface area (Å²) in [5, 5.41) is 3.08. The molecular weight excluding hydrogens is 353 g/mol. The number of hydrogen-bond donors (Lipinski definition) is 1. The summed E-state index contributed by atoms with van der Waals surface area (Å²) in [7, 11) is 0. The Morgan fingerprint density at radius 1 is 1.14 bits per heavy atom. The van der Waals surface area contributed by atoms with Crippen molar-refractivity contribution in [3.63, 3.8) is 0 Å².